The molecular weight excluding hydrogens is 436 g/mol. The van der Waals surface area contributed by atoms with E-state index in [9.17, 15) is 10.1 Å². The van der Waals surface area contributed by atoms with Crippen molar-refractivity contribution in [2.24, 2.45) is 0 Å². The average Bonchev–Trinajstić information content (AvgIpc) is 3.13. The maximum absolute atomic E-state index is 12.1. The van der Waals surface area contributed by atoms with Gasteiger partial charge in [0.2, 0.25) is 5.91 Å². The minimum absolute atomic E-state index is 0.199. The molecule has 9 heteroatoms. The number of amides is 1. The highest BCUT2D eigenvalue weighted by Crippen LogP contribution is 2.36. The summed E-state index contributed by atoms with van der Waals surface area (Å²) in [6, 6.07) is 6.03. The molecule has 33 heavy (non-hydrogen) atoms. The van der Waals surface area contributed by atoms with Gasteiger partial charge in [0, 0.05) is 49.9 Å². The van der Waals surface area contributed by atoms with Gasteiger partial charge in [0.15, 0.2) is 0 Å². The minimum atomic E-state index is -0.626. The lowest BCUT2D eigenvalue weighted by Gasteiger charge is -2.36. The highest BCUT2D eigenvalue weighted by molar-refractivity contribution is 8.32. The fourth-order valence-corrected chi connectivity index (χ4v) is 4.84. The van der Waals surface area contributed by atoms with E-state index in [2.05, 4.69) is 39.3 Å². The van der Waals surface area contributed by atoms with Gasteiger partial charge in [0.25, 0.3) is 0 Å². The quantitative estimate of drug-likeness (QED) is 0.495. The van der Waals surface area contributed by atoms with E-state index in [4.69, 9.17) is 9.72 Å². The Labute approximate surface area is 196 Å². The molecule has 3 aromatic rings. The Hall–Kier alpha value is -2.83. The largest absolute Gasteiger partial charge is 0.367 e. The van der Waals surface area contributed by atoms with E-state index in [1.165, 1.54) is 0 Å². The first-order valence-corrected chi connectivity index (χ1v) is 14.3. The second kappa shape index (κ2) is 9.57. The zero-order chi connectivity index (χ0) is 23.6. The van der Waals surface area contributed by atoms with Crippen molar-refractivity contribution >= 4 is 43.6 Å². The number of ether oxygens (including phenoxy) is 1. The van der Waals surface area contributed by atoms with Crippen LogP contribution in [0, 0.1) is 11.3 Å². The number of pyridine rings is 2. The van der Waals surface area contributed by atoms with Crippen molar-refractivity contribution in [3.05, 3.63) is 30.2 Å². The smallest absolute Gasteiger partial charge is 0.222 e. The van der Waals surface area contributed by atoms with Crippen LogP contribution in [0.1, 0.15) is 19.0 Å². The van der Waals surface area contributed by atoms with Gasteiger partial charge in [-0.25, -0.2) is 20.0 Å². The molecule has 4 heterocycles. The van der Waals surface area contributed by atoms with Crippen molar-refractivity contribution in [3.8, 4) is 6.07 Å². The molecule has 8 nitrogen and oxygen atoms in total. The van der Waals surface area contributed by atoms with Crippen LogP contribution in [-0.4, -0.2) is 82.6 Å². The second-order valence-electron chi connectivity index (χ2n) is 9.21. The summed E-state index contributed by atoms with van der Waals surface area (Å²) in [5.41, 5.74) is 3.19. The number of piperazine rings is 1. The van der Waals surface area contributed by atoms with E-state index in [1.807, 2.05) is 30.2 Å². The number of fused-ring (bicyclic) bond motifs is 3. The van der Waals surface area contributed by atoms with E-state index < -0.39 is 10.0 Å². The Morgan fingerprint density at radius 3 is 2.64 bits per heavy atom. The summed E-state index contributed by atoms with van der Waals surface area (Å²) >= 11 is 0. The summed E-state index contributed by atoms with van der Waals surface area (Å²) in [6.45, 7) is 5.92. The average molecular weight is 469 g/mol. The third-order valence-electron chi connectivity index (χ3n) is 6.06. The molecule has 1 aliphatic rings. The molecule has 1 fully saturated rings. The fourth-order valence-electron chi connectivity index (χ4n) is 4.22. The summed E-state index contributed by atoms with van der Waals surface area (Å²) in [5.74, 6) is 1.24. The lowest BCUT2D eigenvalue weighted by molar-refractivity contribution is -0.131. The predicted molar refractivity (Wildman–Crippen MR) is 135 cm³/mol. The summed E-state index contributed by atoms with van der Waals surface area (Å²) in [7, 11) is -0.626. The second-order valence-corrected chi connectivity index (χ2v) is 13.8. The molecule has 1 amide bonds. The number of aromatic nitrogens is 3. The predicted octanol–water partition coefficient (Wildman–Crippen LogP) is 3.18. The molecule has 4 rings (SSSR count). The highest BCUT2D eigenvalue weighted by atomic mass is 32.3. The number of nitrogens with zero attached hydrogens (tertiary/aromatic N) is 6. The summed E-state index contributed by atoms with van der Waals surface area (Å²) in [6.07, 6.45) is 11.0. The van der Waals surface area contributed by atoms with Crippen LogP contribution in [0.3, 0.4) is 0 Å². The molecule has 0 bridgehead atoms. The molecule has 1 aliphatic heterocycles. The van der Waals surface area contributed by atoms with Crippen molar-refractivity contribution in [1.29, 1.82) is 5.26 Å². The summed E-state index contributed by atoms with van der Waals surface area (Å²) in [5, 5.41) is 11.4. The first-order valence-electron chi connectivity index (χ1n) is 11.3. The minimum Gasteiger partial charge on any atom is -0.367 e. The van der Waals surface area contributed by atoms with Gasteiger partial charge in [-0.2, -0.15) is 5.26 Å². The number of carbonyl (C=O) groups excluding carboxylic acids is 1. The third-order valence-corrected chi connectivity index (χ3v) is 7.45. The molecule has 0 aliphatic carbocycles. The normalized spacial score (nSPS) is 15.2. The number of hydrogen-bond donors (Lipinski definition) is 0. The molecule has 3 aromatic heterocycles. The van der Waals surface area contributed by atoms with E-state index in [0.29, 0.717) is 38.5 Å². The molecule has 0 unspecified atom stereocenters. The Morgan fingerprint density at radius 1 is 1.21 bits per heavy atom. The Kier molecular flexibility index (Phi) is 6.77. The topological polar surface area (TPSA) is 87.3 Å². The van der Waals surface area contributed by atoms with Crippen molar-refractivity contribution in [1.82, 2.24) is 19.4 Å². The van der Waals surface area contributed by atoms with Gasteiger partial charge in [0.1, 0.15) is 24.1 Å². The van der Waals surface area contributed by atoms with Crippen LogP contribution in [0.25, 0.3) is 21.9 Å². The number of hydrogen-bond acceptors (Lipinski definition) is 6. The molecular formula is C24H32N6O2S. The van der Waals surface area contributed by atoms with Gasteiger partial charge < -0.3 is 14.5 Å². The maximum atomic E-state index is 12.1. The van der Waals surface area contributed by atoms with Gasteiger partial charge in [-0.1, -0.05) is 6.92 Å². The summed E-state index contributed by atoms with van der Waals surface area (Å²) in [4.78, 5) is 25.4. The SMILES string of the molecule is CCC(=O)N1CCN(c2ccnc3c2c2cc(C#N)ncc2n3COCCS(C)(C)C)CC1. The van der Waals surface area contributed by atoms with Crippen LogP contribution in [0.15, 0.2) is 24.5 Å². The number of rotatable bonds is 7. The van der Waals surface area contributed by atoms with Crippen molar-refractivity contribution < 1.29 is 9.53 Å². The summed E-state index contributed by atoms with van der Waals surface area (Å²) < 4.78 is 8.11. The molecule has 1 saturated heterocycles. The fraction of sp³-hybridized carbons (Fsp3) is 0.500. The lowest BCUT2D eigenvalue weighted by atomic mass is 10.1. The van der Waals surface area contributed by atoms with Crippen LogP contribution < -0.4 is 4.90 Å². The van der Waals surface area contributed by atoms with E-state index in [0.717, 1.165) is 46.5 Å². The van der Waals surface area contributed by atoms with Crippen LogP contribution >= 0.6 is 10.0 Å². The Bertz CT molecular complexity index is 1200. The first kappa shape index (κ1) is 23.3. The molecule has 0 spiro atoms. The first-order chi connectivity index (χ1) is 15.8. The van der Waals surface area contributed by atoms with Gasteiger partial charge >= 0.3 is 0 Å². The molecule has 0 aromatic carbocycles. The van der Waals surface area contributed by atoms with Gasteiger partial charge in [0.05, 0.1) is 29.4 Å². The van der Waals surface area contributed by atoms with Crippen molar-refractivity contribution in [3.63, 3.8) is 0 Å². The van der Waals surface area contributed by atoms with E-state index in [1.54, 1.807) is 6.20 Å². The van der Waals surface area contributed by atoms with Crippen LogP contribution in [0.2, 0.25) is 0 Å². The van der Waals surface area contributed by atoms with E-state index >= 15 is 0 Å². The number of nitriles is 1. The zero-order valence-corrected chi connectivity index (χ0v) is 20.7. The number of carbonyl (C=O) groups is 1. The van der Waals surface area contributed by atoms with E-state index in [-0.39, 0.29) is 5.91 Å². The monoisotopic (exact) mass is 468 g/mol. The molecule has 0 saturated carbocycles. The van der Waals surface area contributed by atoms with Crippen LogP contribution in [0.5, 0.6) is 0 Å². The van der Waals surface area contributed by atoms with Crippen LogP contribution in [0.4, 0.5) is 5.69 Å². The van der Waals surface area contributed by atoms with Crippen molar-refractivity contribution in [2.45, 2.75) is 20.1 Å². The molecule has 0 radical (unpaired) electrons. The van der Waals surface area contributed by atoms with Gasteiger partial charge in [-0.3, -0.25) is 9.36 Å². The van der Waals surface area contributed by atoms with Gasteiger partial charge in [-0.15, -0.1) is 0 Å². The van der Waals surface area contributed by atoms with Crippen molar-refractivity contribution in [2.75, 3.05) is 62.2 Å². The molecule has 176 valence electrons. The lowest BCUT2D eigenvalue weighted by Crippen LogP contribution is -2.48. The Balaban J connectivity index is 1.71. The number of anilines is 1. The molecule has 0 N–H and O–H groups in total. The Morgan fingerprint density at radius 2 is 1.97 bits per heavy atom. The van der Waals surface area contributed by atoms with Gasteiger partial charge in [-0.05, 0) is 30.9 Å². The zero-order valence-electron chi connectivity index (χ0n) is 19.9. The van der Waals surface area contributed by atoms with Crippen LogP contribution in [-0.2, 0) is 16.3 Å². The third kappa shape index (κ3) is 4.92. The molecule has 0 atom stereocenters. The maximum Gasteiger partial charge on any atom is 0.222 e. The standard InChI is InChI=1S/C24H32N6O2S/c1-5-22(31)29-10-8-28(9-11-29)20-6-7-26-24-23(20)19-14-18(15-25)27-16-21(19)30(24)17-32-12-13-33(2,3)4/h6-7,14,16H,5,8-13,17H2,1-4H3. The highest BCUT2D eigenvalue weighted by Gasteiger charge is 2.24.